The Hall–Kier alpha value is -2.20. The molecule has 2 aromatic rings. The Balaban J connectivity index is 2.29. The molecule has 0 aliphatic rings. The van der Waals surface area contributed by atoms with Crippen LogP contribution in [0.5, 0.6) is 17.2 Å². The molecule has 2 rings (SSSR count). The first-order chi connectivity index (χ1) is 15.8. The third-order valence-electron chi connectivity index (χ3n) is 3.25. The molecule has 0 bridgehead atoms. The van der Waals surface area contributed by atoms with E-state index in [1.807, 2.05) is 0 Å². The molecule has 0 fully saturated rings. The van der Waals surface area contributed by atoms with E-state index in [0.717, 1.165) is 17.7 Å². The predicted octanol–water partition coefficient (Wildman–Crippen LogP) is 4.16. The lowest BCUT2D eigenvalue weighted by Gasteiger charge is -2.13. The van der Waals surface area contributed by atoms with Crippen LogP contribution in [-0.2, 0) is 6.37 Å². The van der Waals surface area contributed by atoms with Crippen LogP contribution < -0.4 is 14.2 Å². The Morgan fingerprint density at radius 2 is 2.08 bits per heavy atom. The van der Waals surface area contributed by atoms with Crippen LogP contribution in [0.3, 0.4) is 0 Å². The summed E-state index contributed by atoms with van der Waals surface area (Å²) in [6, 6.07) is 9.97. The summed E-state index contributed by atoms with van der Waals surface area (Å²) >= 11 is 0. The highest BCUT2D eigenvalue weighted by Crippen LogP contribution is 2.28. The first-order valence-electron chi connectivity index (χ1n) is 12.6. The zero-order valence-corrected chi connectivity index (χ0v) is 14.1. The minimum atomic E-state index is -2.96. The van der Waals surface area contributed by atoms with Crippen LogP contribution in [0.25, 0.3) is 0 Å². The van der Waals surface area contributed by atoms with Gasteiger partial charge in [0, 0.05) is 8.22 Å². The smallest absolute Gasteiger partial charge is 0.160 e. The van der Waals surface area contributed by atoms with Gasteiger partial charge in [-0.2, -0.15) is 0 Å². The molecular formula is C21H28O4. The third-order valence-corrected chi connectivity index (χ3v) is 3.25. The highest BCUT2D eigenvalue weighted by molar-refractivity contribution is 5.42. The van der Waals surface area contributed by atoms with Crippen molar-refractivity contribution in [3.05, 3.63) is 53.6 Å². The third kappa shape index (κ3) is 6.31. The number of benzene rings is 2. The summed E-state index contributed by atoms with van der Waals surface area (Å²) < 4.78 is 94.8. The summed E-state index contributed by atoms with van der Waals surface area (Å²) in [5, 5.41) is 10.5. The van der Waals surface area contributed by atoms with Crippen molar-refractivity contribution in [2.24, 2.45) is 0 Å². The van der Waals surface area contributed by atoms with E-state index in [4.69, 9.17) is 27.9 Å². The van der Waals surface area contributed by atoms with Crippen molar-refractivity contribution >= 4 is 0 Å². The van der Waals surface area contributed by atoms with Crippen molar-refractivity contribution in [3.63, 3.8) is 0 Å². The quantitative estimate of drug-likeness (QED) is 0.696. The molecule has 0 aromatic heterocycles. The van der Waals surface area contributed by atoms with Crippen molar-refractivity contribution in [1.29, 1.82) is 0 Å². The number of rotatable bonds is 10. The molecule has 0 saturated heterocycles. The molecule has 1 N–H and O–H groups in total. The van der Waals surface area contributed by atoms with Gasteiger partial charge in [-0.15, -0.1) is 0 Å². The van der Waals surface area contributed by atoms with Crippen molar-refractivity contribution < 1.29 is 33.0 Å². The molecule has 0 amide bonds. The SMILES string of the molecule is [2H]C([2H])([2H])Oc1cc(C([2H])([2H])C([2H])([2H])CC([2H])([2H])C([2H])(O)COc2cccc(C)c2)ccc1OC. The van der Waals surface area contributed by atoms with Crippen LogP contribution in [0, 0.1) is 6.92 Å². The van der Waals surface area contributed by atoms with Crippen LogP contribution in [0.15, 0.2) is 42.5 Å². The van der Waals surface area contributed by atoms with E-state index >= 15 is 0 Å². The molecule has 0 aliphatic heterocycles. The maximum Gasteiger partial charge on any atom is 0.160 e. The molecular weight excluding hydrogens is 316 g/mol. The van der Waals surface area contributed by atoms with Gasteiger partial charge in [-0.05, 0) is 61.4 Å². The van der Waals surface area contributed by atoms with Crippen LogP contribution >= 0.6 is 0 Å². The fourth-order valence-corrected chi connectivity index (χ4v) is 2.03. The highest BCUT2D eigenvalue weighted by Gasteiger charge is 2.07. The van der Waals surface area contributed by atoms with Crippen LogP contribution in [0.4, 0.5) is 0 Å². The highest BCUT2D eigenvalue weighted by atomic mass is 16.5. The Kier molecular flexibility index (Phi) is 3.77. The van der Waals surface area contributed by atoms with Gasteiger partial charge in [0.2, 0.25) is 0 Å². The molecule has 1 atom stereocenters. The van der Waals surface area contributed by atoms with Crippen molar-refractivity contribution in [2.75, 3.05) is 20.8 Å². The molecule has 0 radical (unpaired) electrons. The molecule has 0 saturated carbocycles. The number of aliphatic hydroxyl groups is 1. The number of aryl methyl sites for hydroxylation is 2. The van der Waals surface area contributed by atoms with Crippen LogP contribution in [0.2, 0.25) is 0 Å². The van der Waals surface area contributed by atoms with Gasteiger partial charge in [-0.3, -0.25) is 0 Å². The van der Waals surface area contributed by atoms with Gasteiger partial charge in [0.1, 0.15) is 12.4 Å². The van der Waals surface area contributed by atoms with Crippen molar-refractivity contribution in [3.8, 4) is 17.2 Å². The van der Waals surface area contributed by atoms with Gasteiger partial charge in [-0.1, -0.05) is 24.6 Å². The first kappa shape index (κ1) is 9.48. The van der Waals surface area contributed by atoms with Gasteiger partial charge in [0.25, 0.3) is 0 Å². The van der Waals surface area contributed by atoms with Crippen LogP contribution in [0.1, 0.15) is 44.0 Å². The fraction of sp³-hybridized carbons (Fsp3) is 0.429. The molecule has 0 heterocycles. The first-order valence-corrected chi connectivity index (χ1v) is 7.61. The largest absolute Gasteiger partial charge is 0.493 e. The number of hydrogen-bond acceptors (Lipinski definition) is 4. The van der Waals surface area contributed by atoms with Gasteiger partial charge >= 0.3 is 0 Å². The number of hydrogen-bond donors (Lipinski definition) is 1. The zero-order valence-electron chi connectivity index (χ0n) is 24.1. The second kappa shape index (κ2) is 9.94. The van der Waals surface area contributed by atoms with E-state index in [1.54, 1.807) is 31.2 Å². The fourth-order valence-electron chi connectivity index (χ4n) is 2.03. The van der Waals surface area contributed by atoms with E-state index < -0.39 is 45.3 Å². The van der Waals surface area contributed by atoms with Crippen LogP contribution in [-0.4, -0.2) is 31.9 Å². The maximum atomic E-state index is 10.5. The topological polar surface area (TPSA) is 47.9 Å². The van der Waals surface area contributed by atoms with E-state index in [0.29, 0.717) is 0 Å². The minimum absolute atomic E-state index is 0.0228. The normalized spacial score (nSPS) is 21.2. The monoisotopic (exact) mass is 354 g/mol. The van der Waals surface area contributed by atoms with Crippen molar-refractivity contribution in [1.82, 2.24) is 0 Å². The summed E-state index contributed by atoms with van der Waals surface area (Å²) in [6.45, 7) is 0.963. The van der Waals surface area contributed by atoms with Crippen molar-refractivity contribution in [2.45, 2.75) is 38.5 Å². The zero-order chi connectivity index (χ0) is 26.9. The summed E-state index contributed by atoms with van der Waals surface area (Å²) in [5.74, 6) is -0.0912. The maximum absolute atomic E-state index is 10.5. The number of ether oxygens (including phenoxy) is 3. The lowest BCUT2D eigenvalue weighted by Crippen LogP contribution is -2.17. The Morgan fingerprint density at radius 1 is 1.20 bits per heavy atom. The van der Waals surface area contributed by atoms with E-state index in [2.05, 4.69) is 0 Å². The summed E-state index contributed by atoms with van der Waals surface area (Å²) in [6.07, 6.45) is -12.9. The van der Waals surface area contributed by atoms with E-state index in [9.17, 15) is 5.11 Å². The summed E-state index contributed by atoms with van der Waals surface area (Å²) in [7, 11) is -1.63. The van der Waals surface area contributed by atoms with Gasteiger partial charge in [-0.25, -0.2) is 0 Å². The summed E-state index contributed by atoms with van der Waals surface area (Å²) in [4.78, 5) is 0. The lowest BCUT2D eigenvalue weighted by molar-refractivity contribution is 0.0976. The van der Waals surface area contributed by atoms with E-state index in [1.165, 1.54) is 13.2 Å². The Labute approximate surface area is 164 Å². The van der Waals surface area contributed by atoms with E-state index in [-0.39, 0.29) is 22.8 Å². The van der Waals surface area contributed by atoms with Gasteiger partial charge in [0.15, 0.2) is 11.5 Å². The molecule has 2 aromatic carbocycles. The number of methoxy groups -OCH3 is 2. The van der Waals surface area contributed by atoms with Gasteiger partial charge < -0.3 is 19.3 Å². The second-order valence-electron chi connectivity index (χ2n) is 5.17. The molecule has 136 valence electrons. The molecule has 25 heavy (non-hydrogen) atoms. The molecule has 0 spiro atoms. The second-order valence-corrected chi connectivity index (χ2v) is 5.17. The average Bonchev–Trinajstić information content (AvgIpc) is 2.70. The molecule has 0 aliphatic carbocycles. The lowest BCUT2D eigenvalue weighted by atomic mass is 10.0. The predicted molar refractivity (Wildman–Crippen MR) is 99.8 cm³/mol. The Bertz CT molecular complexity index is 1020. The molecule has 4 heteroatoms. The minimum Gasteiger partial charge on any atom is -0.493 e. The standard InChI is InChI=1S/C21H28O4/c1-16-7-6-10-19(13-16)25-15-18(22)9-5-4-8-17-11-12-20(23-2)21(14-17)24-3/h6-7,10-14,18,22H,4-5,8-9,15H2,1-3H3/i3D3,4D2,8D2,9D2,18D. The molecule has 1 unspecified atom stereocenters. The Morgan fingerprint density at radius 3 is 2.84 bits per heavy atom. The molecule has 4 nitrogen and oxygen atoms in total. The summed E-state index contributed by atoms with van der Waals surface area (Å²) in [5.41, 5.74) is 0.493. The average molecular weight is 355 g/mol. The van der Waals surface area contributed by atoms with Gasteiger partial charge in [0.05, 0.1) is 25.7 Å².